The van der Waals surface area contributed by atoms with E-state index in [1.54, 1.807) is 0 Å². The maximum atomic E-state index is 13.9. The van der Waals surface area contributed by atoms with Crippen LogP contribution in [-0.4, -0.2) is 22.0 Å². The predicted molar refractivity (Wildman–Crippen MR) is 145 cm³/mol. The van der Waals surface area contributed by atoms with Crippen molar-refractivity contribution in [3.8, 4) is 0 Å². The highest BCUT2D eigenvalue weighted by Gasteiger charge is 2.30. The summed E-state index contributed by atoms with van der Waals surface area (Å²) in [5.74, 6) is 1.23. The number of nitrogens with one attached hydrogen (secondary N) is 1. The third kappa shape index (κ3) is 6.11. The molecule has 1 aliphatic rings. The number of anilines is 1. The highest BCUT2D eigenvalue weighted by atomic mass is 16.2. The smallest absolute Gasteiger partial charge is 0.316 e. The normalized spacial score (nSPS) is 18.0. The number of benzene rings is 2. The van der Waals surface area contributed by atoms with Crippen LogP contribution in [-0.2, 0) is 6.54 Å². The summed E-state index contributed by atoms with van der Waals surface area (Å²) in [6.07, 6.45) is 6.01. The number of carbonyl (C=O) groups excluding carboxylic acids is 1. The fraction of sp³-hybridized carbons (Fsp3) is 0.419. The quantitative estimate of drug-likeness (QED) is 0.380. The van der Waals surface area contributed by atoms with E-state index < -0.39 is 0 Å². The highest BCUT2D eigenvalue weighted by molar-refractivity contribution is 5.91. The molecular weight excluding hydrogens is 430 g/mol. The fourth-order valence-electron chi connectivity index (χ4n) is 5.35. The van der Waals surface area contributed by atoms with Gasteiger partial charge in [-0.2, -0.15) is 0 Å². The molecule has 4 heteroatoms. The standard InChI is InChI=1S/C31H39N3O/c1-22(2)28-14-10-15-29(23(3)4)30(28)33-31(35)34(21-26-13-8-9-20-32-26)27-18-16-25(17-19-27)24-11-6-5-7-12-24/h5-15,20,22-23,25,27H,16-19,21H2,1-4H3,(H,33,35)/t25-,27-. The van der Waals surface area contributed by atoms with Crippen molar-refractivity contribution in [3.63, 3.8) is 0 Å². The van der Waals surface area contributed by atoms with Crippen molar-refractivity contribution >= 4 is 11.7 Å². The van der Waals surface area contributed by atoms with Gasteiger partial charge in [0.25, 0.3) is 0 Å². The average Bonchev–Trinajstić information content (AvgIpc) is 2.88. The molecule has 2 amide bonds. The van der Waals surface area contributed by atoms with Gasteiger partial charge in [0, 0.05) is 17.9 Å². The molecule has 4 rings (SSSR count). The van der Waals surface area contributed by atoms with Crippen LogP contribution < -0.4 is 5.32 Å². The van der Waals surface area contributed by atoms with Crippen molar-refractivity contribution in [1.29, 1.82) is 0 Å². The van der Waals surface area contributed by atoms with E-state index >= 15 is 0 Å². The largest absolute Gasteiger partial charge is 0.322 e. The Morgan fingerprint density at radius 2 is 1.49 bits per heavy atom. The zero-order valence-corrected chi connectivity index (χ0v) is 21.6. The van der Waals surface area contributed by atoms with E-state index in [1.165, 1.54) is 16.7 Å². The molecule has 1 heterocycles. The molecule has 0 atom stereocenters. The molecule has 0 saturated heterocycles. The second kappa shape index (κ2) is 11.5. The van der Waals surface area contributed by atoms with E-state index in [1.807, 2.05) is 29.3 Å². The molecule has 0 unspecified atom stereocenters. The molecule has 4 nitrogen and oxygen atoms in total. The number of nitrogens with zero attached hydrogens (tertiary/aromatic N) is 2. The number of carbonyl (C=O) groups is 1. The van der Waals surface area contributed by atoms with Crippen LogP contribution >= 0.6 is 0 Å². The lowest BCUT2D eigenvalue weighted by Gasteiger charge is -2.37. The first-order valence-corrected chi connectivity index (χ1v) is 13.1. The van der Waals surface area contributed by atoms with Crippen LogP contribution in [0.1, 0.15) is 93.5 Å². The maximum Gasteiger partial charge on any atom is 0.322 e. The van der Waals surface area contributed by atoms with Gasteiger partial charge in [-0.25, -0.2) is 4.79 Å². The summed E-state index contributed by atoms with van der Waals surface area (Å²) < 4.78 is 0. The van der Waals surface area contributed by atoms with Gasteiger partial charge in [0.1, 0.15) is 0 Å². The third-order valence-electron chi connectivity index (χ3n) is 7.33. The number of pyridine rings is 1. The number of urea groups is 1. The second-order valence-electron chi connectivity index (χ2n) is 10.4. The Kier molecular flexibility index (Phi) is 8.22. The lowest BCUT2D eigenvalue weighted by molar-refractivity contribution is 0.157. The summed E-state index contributed by atoms with van der Waals surface area (Å²) in [5.41, 5.74) is 5.70. The SMILES string of the molecule is CC(C)c1cccc(C(C)C)c1NC(=O)N(Cc1ccccn1)[C@H]1CC[C@H](c2ccccc2)CC1. The van der Waals surface area contributed by atoms with Crippen molar-refractivity contribution in [1.82, 2.24) is 9.88 Å². The van der Waals surface area contributed by atoms with E-state index in [-0.39, 0.29) is 12.1 Å². The molecular formula is C31H39N3O. The summed E-state index contributed by atoms with van der Waals surface area (Å²) in [7, 11) is 0. The van der Waals surface area contributed by atoms with Crippen LogP contribution in [0.5, 0.6) is 0 Å². The van der Waals surface area contributed by atoms with Gasteiger partial charge in [0.15, 0.2) is 0 Å². The number of hydrogen-bond acceptors (Lipinski definition) is 2. The van der Waals surface area contributed by atoms with Gasteiger partial charge in [-0.1, -0.05) is 82.3 Å². The molecule has 1 aliphatic carbocycles. The molecule has 1 saturated carbocycles. The Labute approximate surface area is 210 Å². The summed E-state index contributed by atoms with van der Waals surface area (Å²) in [6.45, 7) is 9.27. The third-order valence-corrected chi connectivity index (χ3v) is 7.33. The molecule has 3 aromatic rings. The van der Waals surface area contributed by atoms with E-state index in [0.717, 1.165) is 37.1 Å². The molecule has 1 aromatic heterocycles. The van der Waals surface area contributed by atoms with Gasteiger partial charge in [-0.05, 0) is 72.3 Å². The molecule has 1 N–H and O–H groups in total. The summed E-state index contributed by atoms with van der Waals surface area (Å²) in [4.78, 5) is 20.5. The zero-order valence-electron chi connectivity index (χ0n) is 21.6. The fourth-order valence-corrected chi connectivity index (χ4v) is 5.35. The zero-order chi connectivity index (χ0) is 24.8. The lowest BCUT2D eigenvalue weighted by atomic mass is 9.81. The van der Waals surface area contributed by atoms with Crippen LogP contribution in [0.2, 0.25) is 0 Å². The van der Waals surface area contributed by atoms with Crippen molar-refractivity contribution in [2.45, 2.75) is 83.7 Å². The topological polar surface area (TPSA) is 45.2 Å². The molecule has 2 aromatic carbocycles. The second-order valence-corrected chi connectivity index (χ2v) is 10.4. The van der Waals surface area contributed by atoms with Gasteiger partial charge in [-0.3, -0.25) is 4.98 Å². The van der Waals surface area contributed by atoms with Crippen LogP contribution in [0, 0.1) is 0 Å². The van der Waals surface area contributed by atoms with E-state index in [2.05, 4.69) is 86.5 Å². The first-order chi connectivity index (χ1) is 16.9. The minimum atomic E-state index is -0.0196. The minimum Gasteiger partial charge on any atom is -0.316 e. The maximum absolute atomic E-state index is 13.9. The summed E-state index contributed by atoms with van der Waals surface area (Å²) in [6, 6.07) is 23.3. The Morgan fingerprint density at radius 1 is 0.857 bits per heavy atom. The average molecular weight is 470 g/mol. The minimum absolute atomic E-state index is 0.0196. The van der Waals surface area contributed by atoms with Gasteiger partial charge >= 0.3 is 6.03 Å². The Morgan fingerprint density at radius 3 is 2.06 bits per heavy atom. The van der Waals surface area contributed by atoms with Crippen molar-refractivity contribution in [2.75, 3.05) is 5.32 Å². The van der Waals surface area contributed by atoms with Gasteiger partial charge < -0.3 is 10.2 Å². The number of hydrogen-bond donors (Lipinski definition) is 1. The molecule has 35 heavy (non-hydrogen) atoms. The van der Waals surface area contributed by atoms with Crippen LogP contribution in [0.25, 0.3) is 0 Å². The Balaban J connectivity index is 1.58. The number of rotatable bonds is 7. The monoisotopic (exact) mass is 469 g/mol. The molecule has 0 spiro atoms. The number of para-hydroxylation sites is 1. The van der Waals surface area contributed by atoms with E-state index in [0.29, 0.717) is 24.3 Å². The van der Waals surface area contributed by atoms with E-state index in [9.17, 15) is 4.79 Å². The Bertz CT molecular complexity index is 1060. The highest BCUT2D eigenvalue weighted by Crippen LogP contribution is 2.36. The molecule has 0 aliphatic heterocycles. The van der Waals surface area contributed by atoms with Gasteiger partial charge in [-0.15, -0.1) is 0 Å². The Hall–Kier alpha value is -3.14. The summed E-state index contributed by atoms with van der Waals surface area (Å²) in [5, 5.41) is 3.36. The number of aromatic nitrogens is 1. The first-order valence-electron chi connectivity index (χ1n) is 13.1. The van der Waals surface area contributed by atoms with Crippen molar-refractivity contribution in [2.24, 2.45) is 0 Å². The predicted octanol–water partition coefficient (Wildman–Crippen LogP) is 8.09. The first kappa shape index (κ1) is 25.0. The molecule has 0 radical (unpaired) electrons. The van der Waals surface area contributed by atoms with Crippen molar-refractivity contribution < 1.29 is 4.79 Å². The van der Waals surface area contributed by atoms with Crippen LogP contribution in [0.3, 0.4) is 0 Å². The molecule has 0 bridgehead atoms. The van der Waals surface area contributed by atoms with Gasteiger partial charge in [0.2, 0.25) is 0 Å². The van der Waals surface area contributed by atoms with Crippen molar-refractivity contribution in [3.05, 3.63) is 95.3 Å². The lowest BCUT2D eigenvalue weighted by Crippen LogP contribution is -2.44. The molecule has 1 fully saturated rings. The van der Waals surface area contributed by atoms with Crippen LogP contribution in [0.4, 0.5) is 10.5 Å². The molecule has 184 valence electrons. The van der Waals surface area contributed by atoms with Gasteiger partial charge in [0.05, 0.1) is 12.2 Å². The van der Waals surface area contributed by atoms with E-state index in [4.69, 9.17) is 0 Å². The summed E-state index contributed by atoms with van der Waals surface area (Å²) >= 11 is 0. The number of amides is 2. The van der Waals surface area contributed by atoms with Crippen LogP contribution in [0.15, 0.2) is 72.9 Å².